The summed E-state index contributed by atoms with van der Waals surface area (Å²) in [7, 11) is 0. The normalized spacial score (nSPS) is 13.6. The quantitative estimate of drug-likeness (QED) is 0.706. The Morgan fingerprint density at radius 3 is 2.08 bits per heavy atom. The molecule has 3 rings (SSSR count). The molecule has 1 unspecified atom stereocenters. The minimum absolute atomic E-state index is 0.0304. The fourth-order valence-electron chi connectivity index (χ4n) is 3.55. The SMILES string of the molecule is CCC(CCN)(c1ccc(C)cc1)c1ccc(-c2cn[nH]c2)cc1. The molecule has 0 aliphatic rings. The number of rotatable bonds is 6. The molecule has 124 valence electrons. The van der Waals surface area contributed by atoms with E-state index >= 15 is 0 Å². The van der Waals surface area contributed by atoms with Gasteiger partial charge in [-0.05, 0) is 43.0 Å². The van der Waals surface area contributed by atoms with Crippen LogP contribution in [-0.2, 0) is 5.41 Å². The summed E-state index contributed by atoms with van der Waals surface area (Å²) in [5.41, 5.74) is 12.2. The molecule has 0 radical (unpaired) electrons. The van der Waals surface area contributed by atoms with Gasteiger partial charge in [-0.15, -0.1) is 0 Å². The van der Waals surface area contributed by atoms with Gasteiger partial charge in [0.25, 0.3) is 0 Å². The molecule has 24 heavy (non-hydrogen) atoms. The number of benzene rings is 2. The molecule has 3 nitrogen and oxygen atoms in total. The lowest BCUT2D eigenvalue weighted by molar-refractivity contribution is 0.463. The summed E-state index contributed by atoms with van der Waals surface area (Å²) in [6.45, 7) is 5.05. The monoisotopic (exact) mass is 319 g/mol. The zero-order chi connectivity index (χ0) is 17.0. The van der Waals surface area contributed by atoms with E-state index in [2.05, 4.69) is 72.6 Å². The molecule has 0 aliphatic heterocycles. The number of nitrogens with two attached hydrogens (primary N) is 1. The molecule has 1 heterocycles. The van der Waals surface area contributed by atoms with E-state index in [-0.39, 0.29) is 5.41 Å². The Kier molecular flexibility index (Phi) is 4.81. The first-order chi connectivity index (χ1) is 11.7. The van der Waals surface area contributed by atoms with Gasteiger partial charge in [0.2, 0.25) is 0 Å². The maximum absolute atomic E-state index is 5.99. The van der Waals surface area contributed by atoms with Crippen molar-refractivity contribution in [2.24, 2.45) is 5.73 Å². The third-order valence-corrected chi connectivity index (χ3v) is 5.05. The van der Waals surface area contributed by atoms with Crippen molar-refractivity contribution >= 4 is 0 Å². The molecule has 1 aromatic heterocycles. The van der Waals surface area contributed by atoms with Crippen LogP contribution in [0.3, 0.4) is 0 Å². The highest BCUT2D eigenvalue weighted by atomic mass is 15.1. The average Bonchev–Trinajstić information content (AvgIpc) is 3.15. The van der Waals surface area contributed by atoms with E-state index in [9.17, 15) is 0 Å². The molecule has 0 saturated heterocycles. The van der Waals surface area contributed by atoms with Crippen LogP contribution in [0.15, 0.2) is 60.9 Å². The fourth-order valence-corrected chi connectivity index (χ4v) is 3.55. The Labute approximate surface area is 143 Å². The molecule has 3 aromatic rings. The number of H-pyrrole nitrogens is 1. The van der Waals surface area contributed by atoms with Crippen molar-refractivity contribution in [2.75, 3.05) is 6.54 Å². The van der Waals surface area contributed by atoms with Crippen molar-refractivity contribution in [1.82, 2.24) is 10.2 Å². The van der Waals surface area contributed by atoms with Crippen molar-refractivity contribution in [2.45, 2.75) is 32.1 Å². The van der Waals surface area contributed by atoms with Gasteiger partial charge in [-0.1, -0.05) is 61.0 Å². The Morgan fingerprint density at radius 2 is 1.58 bits per heavy atom. The topological polar surface area (TPSA) is 54.7 Å². The van der Waals surface area contributed by atoms with Crippen LogP contribution in [0.5, 0.6) is 0 Å². The van der Waals surface area contributed by atoms with E-state index in [1.807, 2.05) is 12.4 Å². The van der Waals surface area contributed by atoms with Crippen molar-refractivity contribution < 1.29 is 0 Å². The van der Waals surface area contributed by atoms with Gasteiger partial charge < -0.3 is 5.73 Å². The predicted molar refractivity (Wildman–Crippen MR) is 99.9 cm³/mol. The smallest absolute Gasteiger partial charge is 0.0565 e. The lowest BCUT2D eigenvalue weighted by Crippen LogP contribution is -2.30. The van der Waals surface area contributed by atoms with E-state index < -0.39 is 0 Å². The van der Waals surface area contributed by atoms with E-state index in [1.165, 1.54) is 22.3 Å². The molecule has 1 atom stereocenters. The number of nitrogens with one attached hydrogen (secondary N) is 1. The van der Waals surface area contributed by atoms with Crippen LogP contribution in [0.25, 0.3) is 11.1 Å². The first-order valence-electron chi connectivity index (χ1n) is 8.56. The summed E-state index contributed by atoms with van der Waals surface area (Å²) in [5.74, 6) is 0. The molecule has 3 N–H and O–H groups in total. The zero-order valence-corrected chi connectivity index (χ0v) is 14.4. The van der Waals surface area contributed by atoms with Crippen LogP contribution >= 0.6 is 0 Å². The zero-order valence-electron chi connectivity index (χ0n) is 14.4. The second kappa shape index (κ2) is 7.02. The van der Waals surface area contributed by atoms with Crippen molar-refractivity contribution in [3.8, 4) is 11.1 Å². The largest absolute Gasteiger partial charge is 0.330 e. The summed E-state index contributed by atoms with van der Waals surface area (Å²) in [6.07, 6.45) is 5.74. The molecule has 0 spiro atoms. The third-order valence-electron chi connectivity index (χ3n) is 5.05. The highest BCUT2D eigenvalue weighted by molar-refractivity contribution is 5.62. The number of nitrogens with zero attached hydrogens (tertiary/aromatic N) is 1. The van der Waals surface area contributed by atoms with E-state index in [0.29, 0.717) is 6.54 Å². The summed E-state index contributed by atoms with van der Waals surface area (Å²) >= 11 is 0. The van der Waals surface area contributed by atoms with Crippen LogP contribution in [0, 0.1) is 6.92 Å². The first-order valence-corrected chi connectivity index (χ1v) is 8.56. The molecule has 0 fully saturated rings. The highest BCUT2D eigenvalue weighted by Gasteiger charge is 2.31. The lowest BCUT2D eigenvalue weighted by Gasteiger charge is -2.34. The molecular weight excluding hydrogens is 294 g/mol. The molecule has 0 amide bonds. The second-order valence-corrected chi connectivity index (χ2v) is 6.40. The van der Waals surface area contributed by atoms with Gasteiger partial charge in [0.1, 0.15) is 0 Å². The Hall–Kier alpha value is -2.39. The Morgan fingerprint density at radius 1 is 0.958 bits per heavy atom. The van der Waals surface area contributed by atoms with Crippen molar-refractivity contribution in [3.63, 3.8) is 0 Å². The molecule has 3 heteroatoms. The highest BCUT2D eigenvalue weighted by Crippen LogP contribution is 2.39. The van der Waals surface area contributed by atoms with Crippen molar-refractivity contribution in [1.29, 1.82) is 0 Å². The van der Waals surface area contributed by atoms with Gasteiger partial charge in [-0.3, -0.25) is 5.10 Å². The number of hydrogen-bond donors (Lipinski definition) is 2. The predicted octanol–water partition coefficient (Wildman–Crippen LogP) is 4.43. The lowest BCUT2D eigenvalue weighted by atomic mass is 9.70. The molecule has 0 aliphatic carbocycles. The molecular formula is C21H25N3. The number of hydrogen-bond acceptors (Lipinski definition) is 2. The molecule has 0 bridgehead atoms. The van der Waals surface area contributed by atoms with Crippen LogP contribution in [0.4, 0.5) is 0 Å². The number of aromatic amines is 1. The van der Waals surface area contributed by atoms with Gasteiger partial charge in [-0.25, -0.2) is 0 Å². The number of aromatic nitrogens is 2. The van der Waals surface area contributed by atoms with Crippen LogP contribution in [0.1, 0.15) is 36.5 Å². The Balaban J connectivity index is 2.03. The van der Waals surface area contributed by atoms with Gasteiger partial charge in [0.05, 0.1) is 6.20 Å². The van der Waals surface area contributed by atoms with Gasteiger partial charge in [-0.2, -0.15) is 5.10 Å². The molecule has 0 saturated carbocycles. The van der Waals surface area contributed by atoms with Crippen LogP contribution in [0.2, 0.25) is 0 Å². The maximum Gasteiger partial charge on any atom is 0.0565 e. The second-order valence-electron chi connectivity index (χ2n) is 6.40. The number of aryl methyl sites for hydroxylation is 1. The maximum atomic E-state index is 5.99. The minimum atomic E-state index is -0.0304. The summed E-state index contributed by atoms with van der Waals surface area (Å²) in [6, 6.07) is 17.7. The van der Waals surface area contributed by atoms with Gasteiger partial charge in [0.15, 0.2) is 0 Å². The molecule has 2 aromatic carbocycles. The standard InChI is InChI=1S/C21H25N3/c1-3-21(12-13-22,19-8-4-16(2)5-9-19)20-10-6-17(7-11-20)18-14-23-24-15-18/h4-11,14-15H,3,12-13,22H2,1-2H3,(H,23,24). The first kappa shape index (κ1) is 16.5. The van der Waals surface area contributed by atoms with Crippen molar-refractivity contribution in [3.05, 3.63) is 77.6 Å². The van der Waals surface area contributed by atoms with E-state index in [4.69, 9.17) is 5.73 Å². The summed E-state index contributed by atoms with van der Waals surface area (Å²) in [4.78, 5) is 0. The van der Waals surface area contributed by atoms with Crippen LogP contribution < -0.4 is 5.73 Å². The summed E-state index contributed by atoms with van der Waals surface area (Å²) < 4.78 is 0. The van der Waals surface area contributed by atoms with E-state index in [1.54, 1.807) is 0 Å². The fraction of sp³-hybridized carbons (Fsp3) is 0.286. The van der Waals surface area contributed by atoms with Gasteiger partial charge in [0, 0.05) is 17.2 Å². The summed E-state index contributed by atoms with van der Waals surface area (Å²) in [5, 5.41) is 6.90. The minimum Gasteiger partial charge on any atom is -0.330 e. The van der Waals surface area contributed by atoms with E-state index in [0.717, 1.165) is 18.4 Å². The van der Waals surface area contributed by atoms with Crippen LogP contribution in [-0.4, -0.2) is 16.7 Å². The average molecular weight is 319 g/mol. The third kappa shape index (κ3) is 3.00. The van der Waals surface area contributed by atoms with Gasteiger partial charge >= 0.3 is 0 Å². The Bertz CT molecular complexity index is 758.